The van der Waals surface area contributed by atoms with Gasteiger partial charge in [-0.3, -0.25) is 0 Å². The summed E-state index contributed by atoms with van der Waals surface area (Å²) < 4.78 is 36.5. The predicted octanol–water partition coefficient (Wildman–Crippen LogP) is 0.0655. The first kappa shape index (κ1) is 17.1. The monoisotopic (exact) mass is 305 g/mol. The zero-order valence-electron chi connectivity index (χ0n) is 11.9. The fraction of sp³-hybridized carbons (Fsp3) is 0.667. The average Bonchev–Trinajstić information content (AvgIpc) is 2.90. The first-order valence-corrected chi connectivity index (χ1v) is 8.03. The zero-order valence-corrected chi connectivity index (χ0v) is 12.8. The van der Waals surface area contributed by atoms with E-state index in [0.717, 1.165) is 12.2 Å². The molecule has 8 heteroatoms. The zero-order chi connectivity index (χ0) is 14.8. The number of aromatic nitrogens is 1. The molecule has 0 unspecified atom stereocenters. The molecule has 0 bridgehead atoms. The Labute approximate surface area is 120 Å². The molecule has 1 aromatic rings. The Hall–Kier alpha value is -0.930. The number of nitrogens with one attached hydrogen (secondary N) is 3. The summed E-state index contributed by atoms with van der Waals surface area (Å²) in [6.07, 6.45) is 1.49. The van der Waals surface area contributed by atoms with Crippen LogP contribution in [0, 0.1) is 0 Å². The van der Waals surface area contributed by atoms with E-state index >= 15 is 0 Å². The predicted molar refractivity (Wildman–Crippen MR) is 76.1 cm³/mol. The second kappa shape index (κ2) is 9.09. The molecule has 0 aliphatic rings. The lowest BCUT2D eigenvalue weighted by Crippen LogP contribution is -2.27. The molecule has 0 aromatic carbocycles. The van der Waals surface area contributed by atoms with Crippen molar-refractivity contribution in [3.63, 3.8) is 0 Å². The summed E-state index contributed by atoms with van der Waals surface area (Å²) in [5.74, 6) is 0. The van der Waals surface area contributed by atoms with Gasteiger partial charge in [-0.15, -0.1) is 0 Å². The maximum absolute atomic E-state index is 12.0. The van der Waals surface area contributed by atoms with Gasteiger partial charge in [-0.05, 0) is 12.6 Å². The maximum atomic E-state index is 12.0. The van der Waals surface area contributed by atoms with Crippen LogP contribution in [0.4, 0.5) is 0 Å². The smallest absolute Gasteiger partial charge is 0.242 e. The highest BCUT2D eigenvalue weighted by atomic mass is 32.2. The van der Waals surface area contributed by atoms with Gasteiger partial charge >= 0.3 is 0 Å². The largest absolute Gasteiger partial charge is 0.382 e. The fourth-order valence-corrected chi connectivity index (χ4v) is 2.54. The van der Waals surface area contributed by atoms with Crippen molar-refractivity contribution in [2.45, 2.75) is 18.4 Å². The summed E-state index contributed by atoms with van der Waals surface area (Å²) in [6, 6.07) is 1.62. The molecule has 0 spiro atoms. The third-order valence-corrected chi connectivity index (χ3v) is 4.00. The molecule has 20 heavy (non-hydrogen) atoms. The number of methoxy groups -OCH3 is 1. The van der Waals surface area contributed by atoms with E-state index in [1.807, 2.05) is 6.92 Å². The molecular formula is C12H23N3O4S. The van der Waals surface area contributed by atoms with E-state index < -0.39 is 10.0 Å². The minimum absolute atomic E-state index is 0.236. The lowest BCUT2D eigenvalue weighted by molar-refractivity contribution is 0.0736. The highest BCUT2D eigenvalue weighted by molar-refractivity contribution is 7.89. The van der Waals surface area contributed by atoms with Gasteiger partial charge in [-0.1, -0.05) is 6.92 Å². The highest BCUT2D eigenvalue weighted by Gasteiger charge is 2.15. The minimum Gasteiger partial charge on any atom is -0.382 e. The maximum Gasteiger partial charge on any atom is 0.242 e. The van der Waals surface area contributed by atoms with Crippen molar-refractivity contribution < 1.29 is 17.9 Å². The fourth-order valence-electron chi connectivity index (χ4n) is 1.51. The molecule has 1 heterocycles. The molecule has 0 amide bonds. The molecule has 3 N–H and O–H groups in total. The highest BCUT2D eigenvalue weighted by Crippen LogP contribution is 2.10. The van der Waals surface area contributed by atoms with Gasteiger partial charge in [0, 0.05) is 32.1 Å². The van der Waals surface area contributed by atoms with Gasteiger partial charge in [0.25, 0.3) is 0 Å². The van der Waals surface area contributed by atoms with Crippen molar-refractivity contribution in [1.82, 2.24) is 15.0 Å². The number of rotatable bonds is 11. The Morgan fingerprint density at radius 3 is 2.80 bits per heavy atom. The molecule has 0 saturated carbocycles. The van der Waals surface area contributed by atoms with E-state index in [9.17, 15) is 8.42 Å². The van der Waals surface area contributed by atoms with Crippen molar-refractivity contribution in [2.75, 3.05) is 40.0 Å². The summed E-state index contributed by atoms with van der Waals surface area (Å²) in [5, 5.41) is 3.12. The quantitative estimate of drug-likeness (QED) is 0.503. The van der Waals surface area contributed by atoms with E-state index in [-0.39, 0.29) is 11.4 Å². The van der Waals surface area contributed by atoms with Crippen LogP contribution >= 0.6 is 0 Å². The summed E-state index contributed by atoms with van der Waals surface area (Å²) in [6.45, 7) is 4.95. The Bertz CT molecular complexity index is 473. The average molecular weight is 305 g/mol. The number of hydrogen-bond donors (Lipinski definition) is 3. The third kappa shape index (κ3) is 6.02. The van der Waals surface area contributed by atoms with Crippen LogP contribution in [0.15, 0.2) is 17.2 Å². The molecule has 1 aromatic heterocycles. The lowest BCUT2D eigenvalue weighted by atomic mass is 10.4. The summed E-state index contributed by atoms with van der Waals surface area (Å²) >= 11 is 0. The Morgan fingerprint density at radius 2 is 2.10 bits per heavy atom. The SMILES string of the molecule is CCNCc1cc(S(=O)(=O)NCCOCCOC)c[nH]1. The molecule has 0 aliphatic heterocycles. The first-order valence-electron chi connectivity index (χ1n) is 6.54. The molecule has 0 saturated heterocycles. The third-order valence-electron chi connectivity index (χ3n) is 2.56. The molecule has 0 radical (unpaired) electrons. The standard InChI is InChI=1S/C12H23N3O4S/c1-3-13-9-11-8-12(10-14-11)20(16,17)15-4-5-19-7-6-18-2/h8,10,13-15H,3-7,9H2,1-2H3. The summed E-state index contributed by atoms with van der Waals surface area (Å²) in [7, 11) is -1.89. The second-order valence-corrected chi connectivity index (χ2v) is 5.91. The van der Waals surface area contributed by atoms with E-state index in [4.69, 9.17) is 9.47 Å². The molecule has 0 aliphatic carbocycles. The Morgan fingerprint density at radius 1 is 1.30 bits per heavy atom. The van der Waals surface area contributed by atoms with Crippen molar-refractivity contribution in [3.05, 3.63) is 18.0 Å². The van der Waals surface area contributed by atoms with Crippen LogP contribution in [0.2, 0.25) is 0 Å². The van der Waals surface area contributed by atoms with E-state index in [0.29, 0.717) is 26.4 Å². The van der Waals surface area contributed by atoms with Crippen LogP contribution in [0.25, 0.3) is 0 Å². The van der Waals surface area contributed by atoms with Crippen molar-refractivity contribution in [2.24, 2.45) is 0 Å². The summed E-state index contributed by atoms with van der Waals surface area (Å²) in [5.41, 5.74) is 0.837. The van der Waals surface area contributed by atoms with Crippen LogP contribution in [0.5, 0.6) is 0 Å². The number of sulfonamides is 1. The topological polar surface area (TPSA) is 92.5 Å². The second-order valence-electron chi connectivity index (χ2n) is 4.14. The van der Waals surface area contributed by atoms with E-state index in [2.05, 4.69) is 15.0 Å². The normalized spacial score (nSPS) is 11.9. The first-order chi connectivity index (χ1) is 9.60. The Balaban J connectivity index is 2.38. The molecular weight excluding hydrogens is 282 g/mol. The molecule has 0 fully saturated rings. The molecule has 116 valence electrons. The van der Waals surface area contributed by atoms with Gasteiger partial charge in [0.05, 0.1) is 24.7 Å². The van der Waals surface area contributed by atoms with Gasteiger partial charge in [-0.25, -0.2) is 13.1 Å². The number of hydrogen-bond acceptors (Lipinski definition) is 5. The van der Waals surface area contributed by atoms with Gasteiger partial charge < -0.3 is 19.8 Å². The minimum atomic E-state index is -3.48. The van der Waals surface area contributed by atoms with Gasteiger partial charge in [-0.2, -0.15) is 0 Å². The van der Waals surface area contributed by atoms with Crippen LogP contribution < -0.4 is 10.0 Å². The number of aromatic amines is 1. The van der Waals surface area contributed by atoms with Crippen molar-refractivity contribution in [3.8, 4) is 0 Å². The van der Waals surface area contributed by atoms with Gasteiger partial charge in [0.2, 0.25) is 10.0 Å². The van der Waals surface area contributed by atoms with Gasteiger partial charge in [0.1, 0.15) is 0 Å². The van der Waals surface area contributed by atoms with Gasteiger partial charge in [0.15, 0.2) is 0 Å². The molecule has 0 atom stereocenters. The van der Waals surface area contributed by atoms with Crippen molar-refractivity contribution in [1.29, 1.82) is 0 Å². The van der Waals surface area contributed by atoms with E-state index in [1.54, 1.807) is 13.2 Å². The molecule has 7 nitrogen and oxygen atoms in total. The van der Waals surface area contributed by atoms with Crippen LogP contribution in [-0.2, 0) is 26.0 Å². The Kier molecular flexibility index (Phi) is 7.78. The number of ether oxygens (including phenoxy) is 2. The van der Waals surface area contributed by atoms with Crippen LogP contribution in [0.1, 0.15) is 12.6 Å². The number of H-pyrrole nitrogens is 1. The van der Waals surface area contributed by atoms with Crippen LogP contribution in [0.3, 0.4) is 0 Å². The van der Waals surface area contributed by atoms with Crippen LogP contribution in [-0.4, -0.2) is 53.4 Å². The lowest BCUT2D eigenvalue weighted by Gasteiger charge is -2.05. The molecule has 1 rings (SSSR count). The van der Waals surface area contributed by atoms with E-state index in [1.165, 1.54) is 6.20 Å². The van der Waals surface area contributed by atoms with Crippen molar-refractivity contribution >= 4 is 10.0 Å². The summed E-state index contributed by atoms with van der Waals surface area (Å²) in [4.78, 5) is 3.17.